The smallest absolute Gasteiger partial charge is 0.231 e. The molecule has 5 heteroatoms. The van der Waals surface area contributed by atoms with Crippen molar-refractivity contribution in [1.29, 1.82) is 0 Å². The number of fused-ring (bicyclic) bond motifs is 2. The standard InChI is InChI=1S/C21H20N2O3/c24-18-12-23(21-17-4-2-1-3-14(17)7-9-22-21)10-8-16(18)15-5-6-19-20(11-15)26-13-25-19/h1-7,9,11,16,18,24H,8,10,12-13H2/t16-,18+/m0/s1. The van der Waals surface area contributed by atoms with Gasteiger partial charge in [-0.1, -0.05) is 30.3 Å². The molecule has 132 valence electrons. The van der Waals surface area contributed by atoms with Crippen LogP contribution in [0.25, 0.3) is 10.8 Å². The van der Waals surface area contributed by atoms with E-state index in [2.05, 4.69) is 22.0 Å². The number of hydrogen-bond acceptors (Lipinski definition) is 5. The van der Waals surface area contributed by atoms with E-state index in [1.54, 1.807) is 0 Å². The van der Waals surface area contributed by atoms with Crippen molar-refractivity contribution in [2.24, 2.45) is 0 Å². The lowest BCUT2D eigenvalue weighted by molar-refractivity contribution is 0.129. The molecule has 5 nitrogen and oxygen atoms in total. The van der Waals surface area contributed by atoms with E-state index in [4.69, 9.17) is 9.47 Å². The van der Waals surface area contributed by atoms with E-state index < -0.39 is 6.10 Å². The van der Waals surface area contributed by atoms with Crippen molar-refractivity contribution in [2.45, 2.75) is 18.4 Å². The second-order valence-electron chi connectivity index (χ2n) is 6.88. The highest BCUT2D eigenvalue weighted by molar-refractivity contribution is 5.92. The molecule has 1 N–H and O–H groups in total. The first kappa shape index (κ1) is 15.5. The van der Waals surface area contributed by atoms with Gasteiger partial charge in [-0.3, -0.25) is 0 Å². The predicted octanol–water partition coefficient (Wildman–Crippen LogP) is 3.32. The molecule has 3 aromatic rings. The van der Waals surface area contributed by atoms with Gasteiger partial charge in [0.15, 0.2) is 11.5 Å². The predicted molar refractivity (Wildman–Crippen MR) is 99.9 cm³/mol. The van der Waals surface area contributed by atoms with Crippen LogP contribution in [-0.2, 0) is 0 Å². The summed E-state index contributed by atoms with van der Waals surface area (Å²) >= 11 is 0. The Labute approximate surface area is 151 Å². The largest absolute Gasteiger partial charge is 0.454 e. The fourth-order valence-electron chi connectivity index (χ4n) is 4.01. The number of aromatic nitrogens is 1. The molecule has 0 spiro atoms. The molecule has 1 saturated heterocycles. The van der Waals surface area contributed by atoms with Crippen molar-refractivity contribution < 1.29 is 14.6 Å². The number of anilines is 1. The molecular formula is C21H20N2O3. The molecule has 2 atom stereocenters. The molecule has 0 unspecified atom stereocenters. The summed E-state index contributed by atoms with van der Waals surface area (Å²) in [6.07, 6.45) is 2.25. The fourth-order valence-corrected chi connectivity index (χ4v) is 4.01. The second kappa shape index (κ2) is 6.18. The summed E-state index contributed by atoms with van der Waals surface area (Å²) in [7, 11) is 0. The van der Waals surface area contributed by atoms with Crippen molar-refractivity contribution in [3.63, 3.8) is 0 Å². The molecule has 0 saturated carbocycles. The Kier molecular flexibility index (Phi) is 3.68. The van der Waals surface area contributed by atoms with Crippen LogP contribution in [0, 0.1) is 0 Å². The molecule has 2 aliphatic heterocycles. The van der Waals surface area contributed by atoms with Crippen molar-refractivity contribution in [3.05, 3.63) is 60.3 Å². The van der Waals surface area contributed by atoms with Crippen LogP contribution < -0.4 is 14.4 Å². The van der Waals surface area contributed by atoms with E-state index in [1.807, 2.05) is 42.6 Å². The quantitative estimate of drug-likeness (QED) is 0.770. The summed E-state index contributed by atoms with van der Waals surface area (Å²) in [6.45, 7) is 1.70. The van der Waals surface area contributed by atoms with Crippen LogP contribution in [0.1, 0.15) is 17.9 Å². The third-order valence-electron chi connectivity index (χ3n) is 5.36. The maximum absolute atomic E-state index is 10.8. The number of aliphatic hydroxyl groups excluding tert-OH is 1. The van der Waals surface area contributed by atoms with Gasteiger partial charge in [-0.2, -0.15) is 0 Å². The molecule has 1 fully saturated rings. The van der Waals surface area contributed by atoms with Gasteiger partial charge in [-0.15, -0.1) is 0 Å². The number of hydrogen-bond donors (Lipinski definition) is 1. The van der Waals surface area contributed by atoms with Gasteiger partial charge >= 0.3 is 0 Å². The van der Waals surface area contributed by atoms with Gasteiger partial charge in [-0.05, 0) is 35.6 Å². The van der Waals surface area contributed by atoms with Gasteiger partial charge in [-0.25, -0.2) is 4.98 Å². The van der Waals surface area contributed by atoms with E-state index in [-0.39, 0.29) is 12.7 Å². The Morgan fingerprint density at radius 2 is 1.92 bits per heavy atom. The molecule has 0 aliphatic carbocycles. The summed E-state index contributed by atoms with van der Waals surface area (Å²) in [6, 6.07) is 16.2. The average molecular weight is 348 g/mol. The third kappa shape index (κ3) is 2.56. The number of rotatable bonds is 2. The number of β-amino-alcohol motifs (C(OH)–C–C–N with tert-alkyl or cyclic N) is 1. The third-order valence-corrected chi connectivity index (χ3v) is 5.36. The summed E-state index contributed by atoms with van der Waals surface area (Å²) in [5.74, 6) is 2.59. The van der Waals surface area contributed by atoms with Crippen molar-refractivity contribution in [1.82, 2.24) is 4.98 Å². The lowest BCUT2D eigenvalue weighted by atomic mass is 9.86. The monoisotopic (exact) mass is 348 g/mol. The van der Waals surface area contributed by atoms with Crippen molar-refractivity contribution in [2.75, 3.05) is 24.8 Å². The van der Waals surface area contributed by atoms with Gasteiger partial charge in [0.2, 0.25) is 6.79 Å². The Morgan fingerprint density at radius 3 is 2.85 bits per heavy atom. The maximum atomic E-state index is 10.8. The van der Waals surface area contributed by atoms with Gasteiger partial charge in [0.25, 0.3) is 0 Å². The number of aliphatic hydroxyl groups is 1. The molecule has 2 aromatic carbocycles. The molecule has 1 aromatic heterocycles. The normalized spacial score (nSPS) is 22.0. The Balaban J connectivity index is 1.40. The summed E-state index contributed by atoms with van der Waals surface area (Å²) in [5.41, 5.74) is 1.10. The van der Waals surface area contributed by atoms with Crippen LogP contribution >= 0.6 is 0 Å². The minimum Gasteiger partial charge on any atom is -0.454 e. The first-order valence-corrected chi connectivity index (χ1v) is 8.96. The van der Waals surface area contributed by atoms with E-state index >= 15 is 0 Å². The zero-order chi connectivity index (χ0) is 17.5. The second-order valence-corrected chi connectivity index (χ2v) is 6.88. The van der Waals surface area contributed by atoms with Crippen molar-refractivity contribution >= 4 is 16.6 Å². The van der Waals surface area contributed by atoms with E-state index in [0.29, 0.717) is 6.54 Å². The van der Waals surface area contributed by atoms with Crippen LogP contribution in [0.4, 0.5) is 5.82 Å². The number of piperidine rings is 1. The van der Waals surface area contributed by atoms with Crippen LogP contribution in [0.5, 0.6) is 11.5 Å². The highest BCUT2D eigenvalue weighted by Gasteiger charge is 2.31. The molecular weight excluding hydrogens is 328 g/mol. The van der Waals surface area contributed by atoms with Crippen LogP contribution in [0.15, 0.2) is 54.7 Å². The zero-order valence-corrected chi connectivity index (χ0v) is 14.3. The summed E-state index contributed by atoms with van der Waals surface area (Å²) < 4.78 is 10.9. The molecule has 5 rings (SSSR count). The minimum absolute atomic E-state index is 0.0933. The first-order valence-electron chi connectivity index (χ1n) is 8.96. The first-order chi connectivity index (χ1) is 12.8. The van der Waals surface area contributed by atoms with Gasteiger partial charge in [0.05, 0.1) is 6.10 Å². The lowest BCUT2D eigenvalue weighted by Crippen LogP contribution is -2.43. The molecule has 0 radical (unpaired) electrons. The van der Waals surface area contributed by atoms with Crippen LogP contribution in [0.2, 0.25) is 0 Å². The highest BCUT2D eigenvalue weighted by atomic mass is 16.7. The highest BCUT2D eigenvalue weighted by Crippen LogP contribution is 2.38. The van der Waals surface area contributed by atoms with E-state index in [1.165, 1.54) is 5.39 Å². The molecule has 26 heavy (non-hydrogen) atoms. The Morgan fingerprint density at radius 1 is 1.04 bits per heavy atom. The minimum atomic E-state index is -0.454. The SMILES string of the molecule is O[C@@H]1CN(c2nccc3ccccc23)CC[C@H]1c1ccc2c(c1)OCO2. The fraction of sp³-hybridized carbons (Fsp3) is 0.286. The molecule has 2 aliphatic rings. The average Bonchev–Trinajstić information content (AvgIpc) is 3.15. The lowest BCUT2D eigenvalue weighted by Gasteiger charge is -2.37. The van der Waals surface area contributed by atoms with E-state index in [9.17, 15) is 5.11 Å². The number of benzene rings is 2. The number of pyridine rings is 1. The van der Waals surface area contributed by atoms with Crippen LogP contribution in [-0.4, -0.2) is 36.1 Å². The summed E-state index contributed by atoms with van der Waals surface area (Å²) in [4.78, 5) is 6.78. The maximum Gasteiger partial charge on any atom is 0.231 e. The van der Waals surface area contributed by atoms with Gasteiger partial charge < -0.3 is 19.5 Å². The Hall–Kier alpha value is -2.79. The zero-order valence-electron chi connectivity index (χ0n) is 14.3. The van der Waals surface area contributed by atoms with Crippen LogP contribution in [0.3, 0.4) is 0 Å². The van der Waals surface area contributed by atoms with Gasteiger partial charge in [0.1, 0.15) is 5.82 Å². The Bertz CT molecular complexity index is 954. The topological polar surface area (TPSA) is 54.8 Å². The van der Waals surface area contributed by atoms with Gasteiger partial charge in [0, 0.05) is 30.6 Å². The molecule has 0 amide bonds. The molecule has 0 bridgehead atoms. The molecule has 3 heterocycles. The number of ether oxygens (including phenoxy) is 2. The van der Waals surface area contributed by atoms with E-state index in [0.717, 1.165) is 41.2 Å². The summed E-state index contributed by atoms with van der Waals surface area (Å²) in [5, 5.41) is 13.1. The number of nitrogens with zero attached hydrogens (tertiary/aromatic N) is 2. The van der Waals surface area contributed by atoms with Crippen molar-refractivity contribution in [3.8, 4) is 11.5 Å².